The fraction of sp³-hybridized carbons (Fsp3) is 0.425. The summed E-state index contributed by atoms with van der Waals surface area (Å²) in [5.74, 6) is -0.421. The minimum Gasteiger partial charge on any atom is -0.494 e. The van der Waals surface area contributed by atoms with Gasteiger partial charge in [-0.15, -0.1) is 11.3 Å². The third-order valence-electron chi connectivity index (χ3n) is 8.25. The van der Waals surface area contributed by atoms with Crippen molar-refractivity contribution in [3.8, 4) is 28.3 Å². The van der Waals surface area contributed by atoms with Crippen molar-refractivity contribution >= 4 is 29.1 Å². The maximum Gasteiger partial charge on any atom is 0.305 e. The zero-order valence-electron chi connectivity index (χ0n) is 30.0. The first-order chi connectivity index (χ1) is 23.7. The molecule has 50 heavy (non-hydrogen) atoms. The van der Waals surface area contributed by atoms with Crippen LogP contribution in [0.4, 0.5) is 0 Å². The number of aliphatic carboxylic acids is 1. The molecule has 2 aromatic heterocycles. The molecule has 9 nitrogen and oxygen atoms in total. The molecule has 0 aliphatic heterocycles. The highest BCUT2D eigenvalue weighted by atomic mass is 32.1. The van der Waals surface area contributed by atoms with Gasteiger partial charge in [-0.05, 0) is 61.1 Å². The van der Waals surface area contributed by atoms with E-state index in [2.05, 4.69) is 48.3 Å². The second-order valence-electron chi connectivity index (χ2n) is 14.4. The zero-order valence-corrected chi connectivity index (χ0v) is 30.9. The molecule has 2 aromatic carbocycles. The third kappa shape index (κ3) is 11.5. The maximum absolute atomic E-state index is 13.5. The van der Waals surface area contributed by atoms with Crippen molar-refractivity contribution in [1.29, 1.82) is 0 Å². The molecule has 266 valence electrons. The average Bonchev–Trinajstić information content (AvgIpc) is 3.58. The molecule has 0 radical (unpaired) electrons. The predicted molar refractivity (Wildman–Crippen MR) is 200 cm³/mol. The lowest BCUT2D eigenvalue weighted by molar-refractivity contribution is -0.138. The summed E-state index contributed by atoms with van der Waals surface area (Å²) in [6.45, 7) is 12.5. The number of nitrogens with one attached hydrogen (secondary N) is 2. The van der Waals surface area contributed by atoms with E-state index in [1.54, 1.807) is 32.3 Å². The van der Waals surface area contributed by atoms with E-state index >= 15 is 0 Å². The fourth-order valence-electron chi connectivity index (χ4n) is 5.44. The maximum atomic E-state index is 13.5. The highest BCUT2D eigenvalue weighted by Gasteiger charge is 2.30. The summed E-state index contributed by atoms with van der Waals surface area (Å²) in [6, 6.07) is 18.3. The Kier molecular flexibility index (Phi) is 13.3. The second kappa shape index (κ2) is 17.4. The largest absolute Gasteiger partial charge is 0.494 e. The number of ether oxygens (including phenoxy) is 1. The summed E-state index contributed by atoms with van der Waals surface area (Å²) in [7, 11) is 0. The number of carboxylic acids is 1. The Morgan fingerprint density at radius 3 is 2.06 bits per heavy atom. The third-order valence-corrected chi connectivity index (χ3v) is 9.76. The van der Waals surface area contributed by atoms with Crippen LogP contribution in [0.2, 0.25) is 0 Å². The number of carbonyl (C=O) groups is 3. The fourth-order valence-corrected chi connectivity index (χ4v) is 6.40. The molecule has 2 amide bonds. The Labute approximate surface area is 299 Å². The van der Waals surface area contributed by atoms with E-state index in [0.717, 1.165) is 45.9 Å². The number of aromatic nitrogens is 2. The topological polar surface area (TPSA) is 131 Å². The zero-order chi connectivity index (χ0) is 36.3. The van der Waals surface area contributed by atoms with Gasteiger partial charge in [0, 0.05) is 40.4 Å². The van der Waals surface area contributed by atoms with E-state index in [1.807, 2.05) is 54.6 Å². The van der Waals surface area contributed by atoms with Gasteiger partial charge in [-0.1, -0.05) is 89.8 Å². The molecular formula is C40H50N4O5S. The molecule has 0 aliphatic carbocycles. The molecule has 4 rings (SSSR count). The van der Waals surface area contributed by atoms with Crippen molar-refractivity contribution in [2.75, 3.05) is 6.61 Å². The first-order valence-corrected chi connectivity index (χ1v) is 18.2. The predicted octanol–water partition coefficient (Wildman–Crippen LogP) is 8.23. The van der Waals surface area contributed by atoms with Gasteiger partial charge in [-0.3, -0.25) is 14.4 Å². The van der Waals surface area contributed by atoms with E-state index in [1.165, 1.54) is 37.0 Å². The van der Waals surface area contributed by atoms with Gasteiger partial charge in [0.1, 0.15) is 11.8 Å². The molecule has 0 saturated carbocycles. The summed E-state index contributed by atoms with van der Waals surface area (Å²) >= 11 is 1.39. The van der Waals surface area contributed by atoms with Crippen molar-refractivity contribution < 1.29 is 24.2 Å². The van der Waals surface area contributed by atoms with Gasteiger partial charge in [-0.2, -0.15) is 0 Å². The lowest BCUT2D eigenvalue weighted by Crippen LogP contribution is -2.54. The average molecular weight is 699 g/mol. The molecule has 0 saturated heterocycles. The second-order valence-corrected chi connectivity index (χ2v) is 15.5. The van der Waals surface area contributed by atoms with Crippen LogP contribution in [0.25, 0.3) is 22.5 Å². The highest BCUT2D eigenvalue weighted by molar-refractivity contribution is 7.14. The van der Waals surface area contributed by atoms with E-state index in [0.29, 0.717) is 10.7 Å². The van der Waals surface area contributed by atoms with Crippen LogP contribution in [-0.2, 0) is 21.4 Å². The van der Waals surface area contributed by atoms with Crippen LogP contribution in [0.5, 0.6) is 5.75 Å². The summed E-state index contributed by atoms with van der Waals surface area (Å²) in [6.07, 6.45) is 9.55. The lowest BCUT2D eigenvalue weighted by Gasteiger charge is -2.28. The molecule has 4 aromatic rings. The van der Waals surface area contributed by atoms with Crippen molar-refractivity contribution in [3.63, 3.8) is 0 Å². The smallest absolute Gasteiger partial charge is 0.305 e. The highest BCUT2D eigenvalue weighted by Crippen LogP contribution is 2.30. The Bertz CT molecular complexity index is 1710. The molecule has 0 spiro atoms. The number of thiophene rings is 1. The molecular weight excluding hydrogens is 649 g/mol. The summed E-state index contributed by atoms with van der Waals surface area (Å²) in [5, 5.41) is 15.0. The SMILES string of the molecule is CCCCCCCOc1ccc(-c2cnc(-c3ccc(CC(NC(=O)c4ccc(C(C)(C)C)s4)C(=O)NC(C)(C)CC(=O)O)cc3)nc2)cc1. The van der Waals surface area contributed by atoms with Crippen molar-refractivity contribution in [1.82, 2.24) is 20.6 Å². The molecule has 1 unspecified atom stereocenters. The van der Waals surface area contributed by atoms with Crippen LogP contribution in [0.15, 0.2) is 73.1 Å². The summed E-state index contributed by atoms with van der Waals surface area (Å²) in [5.41, 5.74) is 2.39. The van der Waals surface area contributed by atoms with Crippen LogP contribution in [0, 0.1) is 0 Å². The molecule has 0 bridgehead atoms. The van der Waals surface area contributed by atoms with Crippen LogP contribution >= 0.6 is 11.3 Å². The Morgan fingerprint density at radius 2 is 1.46 bits per heavy atom. The molecule has 2 heterocycles. The van der Waals surface area contributed by atoms with E-state index in [9.17, 15) is 19.5 Å². The van der Waals surface area contributed by atoms with Crippen LogP contribution in [0.3, 0.4) is 0 Å². The van der Waals surface area contributed by atoms with Crippen LogP contribution in [-0.4, -0.2) is 51.0 Å². The van der Waals surface area contributed by atoms with Gasteiger partial charge >= 0.3 is 5.97 Å². The van der Waals surface area contributed by atoms with Crippen molar-refractivity contribution in [2.24, 2.45) is 0 Å². The number of unbranched alkanes of at least 4 members (excludes halogenated alkanes) is 4. The van der Waals surface area contributed by atoms with Crippen LogP contribution < -0.4 is 15.4 Å². The van der Waals surface area contributed by atoms with E-state index < -0.39 is 23.5 Å². The Hall–Kier alpha value is -4.57. The van der Waals surface area contributed by atoms with Gasteiger partial charge in [0.15, 0.2) is 5.82 Å². The Morgan fingerprint density at radius 1 is 0.820 bits per heavy atom. The van der Waals surface area contributed by atoms with Gasteiger partial charge in [0.2, 0.25) is 5.91 Å². The van der Waals surface area contributed by atoms with Crippen molar-refractivity contribution in [3.05, 3.63) is 88.4 Å². The monoisotopic (exact) mass is 698 g/mol. The van der Waals surface area contributed by atoms with E-state index in [4.69, 9.17) is 4.74 Å². The van der Waals surface area contributed by atoms with E-state index in [-0.39, 0.29) is 24.2 Å². The number of hydrogen-bond donors (Lipinski definition) is 3. The van der Waals surface area contributed by atoms with Gasteiger partial charge in [0.25, 0.3) is 5.91 Å². The van der Waals surface area contributed by atoms with Gasteiger partial charge in [-0.25, -0.2) is 9.97 Å². The molecule has 3 N–H and O–H groups in total. The number of carboxylic acid groups (broad SMARTS) is 1. The quantitative estimate of drug-likeness (QED) is 0.0948. The first-order valence-electron chi connectivity index (χ1n) is 17.3. The lowest BCUT2D eigenvalue weighted by atomic mass is 9.95. The Balaban J connectivity index is 1.42. The molecule has 10 heteroatoms. The number of hydrogen-bond acceptors (Lipinski definition) is 7. The first kappa shape index (κ1) is 38.2. The number of nitrogens with zero attached hydrogens (tertiary/aromatic N) is 2. The van der Waals surface area contributed by atoms with Crippen LogP contribution in [0.1, 0.15) is 100 Å². The minimum absolute atomic E-state index is 0.111. The van der Waals surface area contributed by atoms with Gasteiger partial charge in [0.05, 0.1) is 17.9 Å². The summed E-state index contributed by atoms with van der Waals surface area (Å²) < 4.78 is 5.89. The molecule has 0 fully saturated rings. The summed E-state index contributed by atoms with van der Waals surface area (Å²) in [4.78, 5) is 48.9. The minimum atomic E-state index is -1.03. The standard InChI is InChI=1S/C40H50N4O5S/c1-7-8-9-10-11-22-49-31-18-16-28(17-19-31)30-25-41-36(42-26-30)29-14-12-27(13-15-29)23-32(37(47)44-40(5,6)24-35(45)46)43-38(48)33-20-21-34(50-33)39(2,3)4/h12-21,25-26,32H,7-11,22-24H2,1-6H3,(H,43,48)(H,44,47)(H,45,46). The van der Waals surface area contributed by atoms with Gasteiger partial charge < -0.3 is 20.5 Å². The number of amides is 2. The number of benzene rings is 2. The number of carbonyl (C=O) groups excluding carboxylic acids is 2. The molecule has 1 atom stereocenters. The normalized spacial score (nSPS) is 12.3. The van der Waals surface area contributed by atoms with Crippen molar-refractivity contribution in [2.45, 2.75) is 103 Å². The number of rotatable bonds is 17. The molecule has 0 aliphatic rings.